The summed E-state index contributed by atoms with van der Waals surface area (Å²) in [6, 6.07) is 6.20. The van der Waals surface area contributed by atoms with Gasteiger partial charge in [-0.05, 0) is 31.9 Å². The van der Waals surface area contributed by atoms with Gasteiger partial charge >= 0.3 is 0 Å². The number of ether oxygens (including phenoxy) is 2. The summed E-state index contributed by atoms with van der Waals surface area (Å²) in [6.45, 7) is 7.22. The maximum atomic E-state index is 10.5. The lowest BCUT2D eigenvalue weighted by Gasteiger charge is -2.30. The molecule has 0 atom stereocenters. The fourth-order valence-electron chi connectivity index (χ4n) is 2.90. The smallest absolute Gasteiger partial charge is 0.191 e. The summed E-state index contributed by atoms with van der Waals surface area (Å²) < 4.78 is 10.7. The number of aryl methyl sites for hydroxylation is 1. The highest BCUT2D eigenvalue weighted by Gasteiger charge is 2.29. The Hall–Kier alpha value is -1.79. The van der Waals surface area contributed by atoms with Crippen molar-refractivity contribution in [2.24, 2.45) is 4.99 Å². The molecule has 0 radical (unpaired) electrons. The van der Waals surface area contributed by atoms with E-state index >= 15 is 0 Å². The zero-order valence-electron chi connectivity index (χ0n) is 15.6. The van der Waals surface area contributed by atoms with Crippen molar-refractivity contribution in [2.75, 3.05) is 40.0 Å². The third-order valence-electron chi connectivity index (χ3n) is 4.42. The molecule has 0 aromatic heterocycles. The van der Waals surface area contributed by atoms with Crippen LogP contribution in [-0.2, 0) is 11.2 Å². The average Bonchev–Trinajstić information content (AvgIpc) is 2.60. The molecular formula is C19H31N3O3. The Morgan fingerprint density at radius 3 is 2.76 bits per heavy atom. The Bertz CT molecular complexity index is 569. The summed E-state index contributed by atoms with van der Waals surface area (Å²) in [5, 5.41) is 17.1. The van der Waals surface area contributed by atoms with Gasteiger partial charge in [0.05, 0.1) is 19.3 Å². The predicted molar refractivity (Wildman–Crippen MR) is 100 cm³/mol. The fraction of sp³-hybridized carbons (Fsp3) is 0.632. The van der Waals surface area contributed by atoms with E-state index in [1.807, 2.05) is 13.0 Å². The summed E-state index contributed by atoms with van der Waals surface area (Å²) in [5.74, 6) is 1.64. The first-order valence-electron chi connectivity index (χ1n) is 9.02. The maximum absolute atomic E-state index is 10.5. The van der Waals surface area contributed by atoms with Crippen LogP contribution in [0, 0.1) is 6.92 Å². The number of guanidine groups is 1. The highest BCUT2D eigenvalue weighted by Crippen LogP contribution is 2.21. The summed E-state index contributed by atoms with van der Waals surface area (Å²) in [7, 11) is 1.70. The van der Waals surface area contributed by atoms with E-state index in [0.717, 1.165) is 31.2 Å². The van der Waals surface area contributed by atoms with E-state index in [1.54, 1.807) is 7.11 Å². The quantitative estimate of drug-likeness (QED) is 0.515. The highest BCUT2D eigenvalue weighted by molar-refractivity contribution is 5.79. The van der Waals surface area contributed by atoms with Gasteiger partial charge in [-0.3, -0.25) is 4.99 Å². The van der Waals surface area contributed by atoms with Gasteiger partial charge in [0.1, 0.15) is 5.75 Å². The number of hydrogen-bond acceptors (Lipinski definition) is 4. The van der Waals surface area contributed by atoms with Gasteiger partial charge in [0, 0.05) is 39.1 Å². The first-order valence-corrected chi connectivity index (χ1v) is 9.02. The Morgan fingerprint density at radius 1 is 1.32 bits per heavy atom. The van der Waals surface area contributed by atoms with Gasteiger partial charge < -0.3 is 25.2 Å². The number of hydrogen-bond donors (Lipinski definition) is 3. The second-order valence-corrected chi connectivity index (χ2v) is 6.52. The number of rotatable bonds is 7. The zero-order valence-corrected chi connectivity index (χ0v) is 15.6. The number of aliphatic hydroxyl groups is 1. The third-order valence-corrected chi connectivity index (χ3v) is 4.42. The van der Waals surface area contributed by atoms with E-state index in [-0.39, 0.29) is 0 Å². The molecule has 1 heterocycles. The highest BCUT2D eigenvalue weighted by atomic mass is 16.5. The van der Waals surface area contributed by atoms with Crippen molar-refractivity contribution in [2.45, 2.75) is 38.7 Å². The Kier molecular flexibility index (Phi) is 7.52. The Morgan fingerprint density at radius 2 is 2.08 bits per heavy atom. The number of methoxy groups -OCH3 is 1. The van der Waals surface area contributed by atoms with Crippen LogP contribution in [0.2, 0.25) is 0 Å². The summed E-state index contributed by atoms with van der Waals surface area (Å²) in [5.41, 5.74) is 1.65. The molecule has 6 heteroatoms. The molecule has 0 amide bonds. The average molecular weight is 349 g/mol. The van der Waals surface area contributed by atoms with Crippen LogP contribution in [0.15, 0.2) is 23.2 Å². The van der Waals surface area contributed by atoms with Crippen molar-refractivity contribution in [3.05, 3.63) is 29.3 Å². The SMILES string of the molecule is CCNC(=NCC1(O)CCOCC1)NCCc1cc(C)ccc1OC. The molecule has 1 aliphatic heterocycles. The van der Waals surface area contributed by atoms with Crippen LogP contribution in [0.5, 0.6) is 5.75 Å². The summed E-state index contributed by atoms with van der Waals surface area (Å²) >= 11 is 0. The molecule has 6 nitrogen and oxygen atoms in total. The molecule has 0 bridgehead atoms. The number of aliphatic imine (C=N–C) groups is 1. The molecule has 1 saturated heterocycles. The fourth-order valence-corrected chi connectivity index (χ4v) is 2.90. The van der Waals surface area contributed by atoms with Crippen LogP contribution >= 0.6 is 0 Å². The van der Waals surface area contributed by atoms with Crippen LogP contribution in [0.4, 0.5) is 0 Å². The van der Waals surface area contributed by atoms with Crippen LogP contribution in [0.1, 0.15) is 30.9 Å². The molecule has 25 heavy (non-hydrogen) atoms. The number of nitrogens with one attached hydrogen (secondary N) is 2. The molecule has 2 rings (SSSR count). The molecule has 1 aliphatic rings. The minimum Gasteiger partial charge on any atom is -0.496 e. The normalized spacial score (nSPS) is 17.2. The van der Waals surface area contributed by atoms with Crippen molar-refractivity contribution in [3.8, 4) is 5.75 Å². The second-order valence-electron chi connectivity index (χ2n) is 6.52. The standard InChI is InChI=1S/C19H31N3O3/c1-4-20-18(22-14-19(23)8-11-25-12-9-19)21-10-7-16-13-15(2)5-6-17(16)24-3/h5-6,13,23H,4,7-12,14H2,1-3H3,(H2,20,21,22). The Balaban J connectivity index is 1.90. The lowest BCUT2D eigenvalue weighted by atomic mass is 9.95. The number of benzene rings is 1. The van der Waals surface area contributed by atoms with Gasteiger partial charge in [-0.2, -0.15) is 0 Å². The second kappa shape index (κ2) is 9.63. The summed E-state index contributed by atoms with van der Waals surface area (Å²) in [6.07, 6.45) is 2.11. The van der Waals surface area contributed by atoms with E-state index in [4.69, 9.17) is 9.47 Å². The monoisotopic (exact) mass is 349 g/mol. The first-order chi connectivity index (χ1) is 12.1. The molecule has 1 aromatic carbocycles. The van der Waals surface area contributed by atoms with Gasteiger partial charge in [-0.25, -0.2) is 0 Å². The van der Waals surface area contributed by atoms with Crippen LogP contribution in [0.3, 0.4) is 0 Å². The molecule has 3 N–H and O–H groups in total. The van der Waals surface area contributed by atoms with E-state index in [9.17, 15) is 5.11 Å². The summed E-state index contributed by atoms with van der Waals surface area (Å²) in [4.78, 5) is 4.56. The molecule has 140 valence electrons. The minimum absolute atomic E-state index is 0.388. The minimum atomic E-state index is -0.750. The van der Waals surface area contributed by atoms with Gasteiger partial charge in [0.2, 0.25) is 0 Å². The number of nitrogens with zero attached hydrogens (tertiary/aromatic N) is 1. The van der Waals surface area contributed by atoms with E-state index in [0.29, 0.717) is 32.6 Å². The molecule has 0 aliphatic carbocycles. The van der Waals surface area contributed by atoms with Crippen molar-refractivity contribution in [1.82, 2.24) is 10.6 Å². The first kappa shape index (κ1) is 19.5. The van der Waals surface area contributed by atoms with Crippen LogP contribution in [0.25, 0.3) is 0 Å². The Labute approximate surface area is 150 Å². The predicted octanol–water partition coefficient (Wildman–Crippen LogP) is 1.64. The van der Waals surface area contributed by atoms with Crippen LogP contribution < -0.4 is 15.4 Å². The molecule has 0 unspecified atom stereocenters. The van der Waals surface area contributed by atoms with Gasteiger partial charge in [0.15, 0.2) is 5.96 Å². The van der Waals surface area contributed by atoms with Gasteiger partial charge in [-0.1, -0.05) is 17.7 Å². The van der Waals surface area contributed by atoms with E-state index < -0.39 is 5.60 Å². The lowest BCUT2D eigenvalue weighted by molar-refractivity contribution is -0.0565. The van der Waals surface area contributed by atoms with Crippen molar-refractivity contribution < 1.29 is 14.6 Å². The van der Waals surface area contributed by atoms with Crippen molar-refractivity contribution in [3.63, 3.8) is 0 Å². The van der Waals surface area contributed by atoms with Crippen molar-refractivity contribution in [1.29, 1.82) is 0 Å². The van der Waals surface area contributed by atoms with E-state index in [2.05, 4.69) is 34.7 Å². The zero-order chi connectivity index (χ0) is 18.1. The molecule has 0 saturated carbocycles. The van der Waals surface area contributed by atoms with Crippen molar-refractivity contribution >= 4 is 5.96 Å². The molecular weight excluding hydrogens is 318 g/mol. The lowest BCUT2D eigenvalue weighted by Crippen LogP contribution is -2.43. The van der Waals surface area contributed by atoms with Crippen LogP contribution in [-0.4, -0.2) is 56.6 Å². The van der Waals surface area contributed by atoms with Gasteiger partial charge in [0.25, 0.3) is 0 Å². The third kappa shape index (κ3) is 6.21. The molecule has 1 fully saturated rings. The van der Waals surface area contributed by atoms with Gasteiger partial charge in [-0.15, -0.1) is 0 Å². The van der Waals surface area contributed by atoms with E-state index in [1.165, 1.54) is 11.1 Å². The molecule has 1 aromatic rings. The topological polar surface area (TPSA) is 75.1 Å². The maximum Gasteiger partial charge on any atom is 0.191 e. The molecule has 0 spiro atoms. The largest absolute Gasteiger partial charge is 0.496 e.